The standard InChI is InChI=1S/C17H21BrN4/c1-3-12(2)20-17-19-8-6-16(21-17)22-9-7-13-10-15(18)5-4-14(13)11-22/h4-6,8,10,12H,3,7,9,11H2,1-2H3,(H,19,20,21)/t12-/m1/s1. The van der Waals surface area contributed by atoms with Gasteiger partial charge < -0.3 is 10.2 Å². The molecule has 0 saturated heterocycles. The van der Waals surface area contributed by atoms with Crippen molar-refractivity contribution in [1.29, 1.82) is 0 Å². The lowest BCUT2D eigenvalue weighted by Crippen LogP contribution is -2.31. The second-order valence-electron chi connectivity index (χ2n) is 5.78. The lowest BCUT2D eigenvalue weighted by atomic mass is 10.00. The summed E-state index contributed by atoms with van der Waals surface area (Å²) in [5.74, 6) is 1.71. The van der Waals surface area contributed by atoms with Gasteiger partial charge in [0.1, 0.15) is 5.82 Å². The molecule has 1 atom stereocenters. The molecular formula is C17H21BrN4. The van der Waals surface area contributed by atoms with Gasteiger partial charge in [0.15, 0.2) is 0 Å². The summed E-state index contributed by atoms with van der Waals surface area (Å²) in [7, 11) is 0. The number of benzene rings is 1. The van der Waals surface area contributed by atoms with Crippen molar-refractivity contribution in [2.75, 3.05) is 16.8 Å². The predicted octanol–water partition coefficient (Wildman–Crippen LogP) is 4.01. The van der Waals surface area contributed by atoms with Gasteiger partial charge in [-0.2, -0.15) is 4.98 Å². The van der Waals surface area contributed by atoms with Gasteiger partial charge in [-0.05, 0) is 49.1 Å². The summed E-state index contributed by atoms with van der Waals surface area (Å²) < 4.78 is 1.15. The first-order valence-corrected chi connectivity index (χ1v) is 8.57. The van der Waals surface area contributed by atoms with E-state index in [1.165, 1.54) is 11.1 Å². The van der Waals surface area contributed by atoms with Crippen molar-refractivity contribution in [1.82, 2.24) is 9.97 Å². The lowest BCUT2D eigenvalue weighted by Gasteiger charge is -2.30. The topological polar surface area (TPSA) is 41.1 Å². The van der Waals surface area contributed by atoms with E-state index in [4.69, 9.17) is 0 Å². The number of nitrogens with one attached hydrogen (secondary N) is 1. The zero-order valence-electron chi connectivity index (χ0n) is 13.0. The number of nitrogens with zero attached hydrogens (tertiary/aromatic N) is 3. The van der Waals surface area contributed by atoms with Crippen LogP contribution in [0.4, 0.5) is 11.8 Å². The molecule has 0 fully saturated rings. The van der Waals surface area contributed by atoms with E-state index in [-0.39, 0.29) is 0 Å². The van der Waals surface area contributed by atoms with E-state index in [9.17, 15) is 0 Å². The Morgan fingerprint density at radius 1 is 1.32 bits per heavy atom. The Bertz CT molecular complexity index is 659. The normalized spacial score (nSPS) is 15.3. The Hall–Kier alpha value is -1.62. The van der Waals surface area contributed by atoms with Crippen LogP contribution in [0, 0.1) is 0 Å². The average Bonchev–Trinajstić information content (AvgIpc) is 2.54. The minimum Gasteiger partial charge on any atom is -0.352 e. The number of anilines is 2. The number of fused-ring (bicyclic) bond motifs is 1. The van der Waals surface area contributed by atoms with Gasteiger partial charge in [0.2, 0.25) is 5.95 Å². The lowest BCUT2D eigenvalue weighted by molar-refractivity contribution is 0.714. The first kappa shape index (κ1) is 15.3. The van der Waals surface area contributed by atoms with Crippen LogP contribution in [0.2, 0.25) is 0 Å². The monoisotopic (exact) mass is 360 g/mol. The molecule has 1 N–H and O–H groups in total. The maximum atomic E-state index is 4.67. The van der Waals surface area contributed by atoms with Gasteiger partial charge in [0, 0.05) is 29.8 Å². The van der Waals surface area contributed by atoms with Gasteiger partial charge in [0.25, 0.3) is 0 Å². The fourth-order valence-electron chi connectivity index (χ4n) is 2.63. The molecule has 0 saturated carbocycles. The summed E-state index contributed by atoms with van der Waals surface area (Å²) in [5.41, 5.74) is 2.81. The van der Waals surface area contributed by atoms with E-state index in [0.29, 0.717) is 12.0 Å². The first-order chi connectivity index (χ1) is 10.7. The van der Waals surface area contributed by atoms with Gasteiger partial charge >= 0.3 is 0 Å². The van der Waals surface area contributed by atoms with Crippen LogP contribution in [0.3, 0.4) is 0 Å². The van der Waals surface area contributed by atoms with Crippen LogP contribution in [0.1, 0.15) is 31.4 Å². The van der Waals surface area contributed by atoms with Crippen molar-refractivity contribution in [2.24, 2.45) is 0 Å². The molecule has 0 amide bonds. The minimum absolute atomic E-state index is 0.384. The predicted molar refractivity (Wildman–Crippen MR) is 94.3 cm³/mol. The molecule has 2 aromatic rings. The van der Waals surface area contributed by atoms with Crippen LogP contribution in [-0.2, 0) is 13.0 Å². The van der Waals surface area contributed by atoms with E-state index in [0.717, 1.165) is 36.2 Å². The molecule has 0 spiro atoms. The third kappa shape index (κ3) is 3.40. The highest BCUT2D eigenvalue weighted by atomic mass is 79.9. The largest absolute Gasteiger partial charge is 0.352 e. The maximum absolute atomic E-state index is 4.67. The summed E-state index contributed by atoms with van der Waals surface area (Å²) in [4.78, 5) is 11.3. The molecule has 5 heteroatoms. The van der Waals surface area contributed by atoms with Crippen LogP contribution < -0.4 is 10.2 Å². The van der Waals surface area contributed by atoms with Crippen molar-refractivity contribution >= 4 is 27.7 Å². The first-order valence-electron chi connectivity index (χ1n) is 7.77. The van der Waals surface area contributed by atoms with Gasteiger partial charge in [0.05, 0.1) is 0 Å². The second-order valence-corrected chi connectivity index (χ2v) is 6.69. The molecule has 116 valence electrons. The summed E-state index contributed by atoms with van der Waals surface area (Å²) in [6.07, 6.45) is 3.94. The highest BCUT2D eigenvalue weighted by Crippen LogP contribution is 2.26. The molecule has 22 heavy (non-hydrogen) atoms. The highest BCUT2D eigenvalue weighted by molar-refractivity contribution is 9.10. The molecule has 0 aliphatic carbocycles. The molecular weight excluding hydrogens is 340 g/mol. The summed E-state index contributed by atoms with van der Waals surface area (Å²) in [6.45, 7) is 6.19. The zero-order valence-corrected chi connectivity index (χ0v) is 14.6. The Kier molecular flexibility index (Phi) is 4.62. The molecule has 1 aromatic heterocycles. The molecule has 0 bridgehead atoms. The quantitative estimate of drug-likeness (QED) is 0.893. The smallest absolute Gasteiger partial charge is 0.224 e. The van der Waals surface area contributed by atoms with Gasteiger partial charge in [-0.25, -0.2) is 4.98 Å². The summed E-state index contributed by atoms with van der Waals surface area (Å²) in [5, 5.41) is 3.34. The minimum atomic E-state index is 0.384. The average molecular weight is 361 g/mol. The molecule has 0 radical (unpaired) electrons. The van der Waals surface area contributed by atoms with Crippen molar-refractivity contribution in [3.8, 4) is 0 Å². The van der Waals surface area contributed by atoms with Crippen LogP contribution in [0.25, 0.3) is 0 Å². The van der Waals surface area contributed by atoms with Crippen LogP contribution in [0.15, 0.2) is 34.9 Å². The molecule has 4 nitrogen and oxygen atoms in total. The molecule has 0 unspecified atom stereocenters. The third-order valence-electron chi connectivity index (χ3n) is 4.13. The number of hydrogen-bond donors (Lipinski definition) is 1. The van der Waals surface area contributed by atoms with Crippen LogP contribution >= 0.6 is 15.9 Å². The van der Waals surface area contributed by atoms with E-state index in [2.05, 4.69) is 68.2 Å². The second kappa shape index (κ2) is 6.65. The molecule has 2 heterocycles. The Labute approximate surface area is 140 Å². The molecule has 1 aliphatic rings. The molecule has 1 aliphatic heterocycles. The van der Waals surface area contributed by atoms with Crippen molar-refractivity contribution < 1.29 is 0 Å². The van der Waals surface area contributed by atoms with Crippen molar-refractivity contribution in [2.45, 2.75) is 39.3 Å². The SMILES string of the molecule is CC[C@@H](C)Nc1nccc(N2CCc3cc(Br)ccc3C2)n1. The van der Waals surface area contributed by atoms with E-state index >= 15 is 0 Å². The van der Waals surface area contributed by atoms with Gasteiger partial charge in [-0.1, -0.05) is 28.9 Å². The van der Waals surface area contributed by atoms with E-state index in [1.807, 2.05) is 12.3 Å². The molecule has 1 aromatic carbocycles. The fourth-order valence-corrected chi connectivity index (χ4v) is 3.04. The number of aromatic nitrogens is 2. The Morgan fingerprint density at radius 3 is 3.00 bits per heavy atom. The third-order valence-corrected chi connectivity index (χ3v) is 4.63. The highest BCUT2D eigenvalue weighted by Gasteiger charge is 2.18. The fraction of sp³-hybridized carbons (Fsp3) is 0.412. The Balaban J connectivity index is 1.78. The maximum Gasteiger partial charge on any atom is 0.224 e. The van der Waals surface area contributed by atoms with E-state index in [1.54, 1.807) is 0 Å². The van der Waals surface area contributed by atoms with Crippen molar-refractivity contribution in [3.63, 3.8) is 0 Å². The Morgan fingerprint density at radius 2 is 2.18 bits per heavy atom. The summed E-state index contributed by atoms with van der Waals surface area (Å²) >= 11 is 3.55. The number of rotatable bonds is 4. The number of halogens is 1. The summed E-state index contributed by atoms with van der Waals surface area (Å²) in [6, 6.07) is 8.91. The van der Waals surface area contributed by atoms with Crippen LogP contribution in [-0.4, -0.2) is 22.6 Å². The molecule has 3 rings (SSSR count). The van der Waals surface area contributed by atoms with Crippen molar-refractivity contribution in [3.05, 3.63) is 46.1 Å². The van der Waals surface area contributed by atoms with Gasteiger partial charge in [-0.15, -0.1) is 0 Å². The van der Waals surface area contributed by atoms with E-state index < -0.39 is 0 Å². The van der Waals surface area contributed by atoms with Crippen LogP contribution in [0.5, 0.6) is 0 Å². The zero-order chi connectivity index (χ0) is 15.5. The number of hydrogen-bond acceptors (Lipinski definition) is 4. The van der Waals surface area contributed by atoms with Gasteiger partial charge in [-0.3, -0.25) is 0 Å².